The quantitative estimate of drug-likeness (QED) is 0.719. The van der Waals surface area contributed by atoms with Gasteiger partial charge in [0.2, 0.25) is 0 Å². The van der Waals surface area contributed by atoms with Crippen LogP contribution in [0.5, 0.6) is 5.75 Å². The number of hydrogen-bond acceptors (Lipinski definition) is 4. The summed E-state index contributed by atoms with van der Waals surface area (Å²) in [6, 6.07) is 9.45. The van der Waals surface area contributed by atoms with Crippen molar-refractivity contribution in [2.24, 2.45) is 0 Å². The Morgan fingerprint density at radius 2 is 2.04 bits per heavy atom. The summed E-state index contributed by atoms with van der Waals surface area (Å²) in [6.07, 6.45) is 1.64. The standard InChI is InChI=1S/C20H23N3O3/c1-5-23-15(4)17(11-21-23)22-20(24)18-9-8-16(26-18)12-25-19-10-13(2)6-7-14(19)3/h6-11H,5,12H2,1-4H3,(H,22,24). The number of carbonyl (C=O) groups excluding carboxylic acids is 1. The number of nitrogens with zero attached hydrogens (tertiary/aromatic N) is 2. The van der Waals surface area contributed by atoms with Gasteiger partial charge in [-0.2, -0.15) is 5.10 Å². The Morgan fingerprint density at radius 3 is 2.77 bits per heavy atom. The molecule has 1 aromatic carbocycles. The predicted molar refractivity (Wildman–Crippen MR) is 99.5 cm³/mol. The molecule has 136 valence electrons. The normalized spacial score (nSPS) is 10.8. The van der Waals surface area contributed by atoms with Gasteiger partial charge in [-0.15, -0.1) is 0 Å². The Labute approximate surface area is 152 Å². The minimum absolute atomic E-state index is 0.244. The molecule has 3 rings (SSSR count). The first-order chi connectivity index (χ1) is 12.5. The molecule has 0 saturated heterocycles. The highest BCUT2D eigenvalue weighted by Gasteiger charge is 2.15. The lowest BCUT2D eigenvalue weighted by atomic mass is 10.1. The van der Waals surface area contributed by atoms with E-state index < -0.39 is 0 Å². The van der Waals surface area contributed by atoms with Crippen molar-refractivity contribution < 1.29 is 13.9 Å². The van der Waals surface area contributed by atoms with E-state index in [1.54, 1.807) is 18.3 Å². The molecule has 6 nitrogen and oxygen atoms in total. The highest BCUT2D eigenvalue weighted by molar-refractivity contribution is 6.02. The van der Waals surface area contributed by atoms with Crippen LogP contribution in [0.25, 0.3) is 0 Å². The molecule has 0 saturated carbocycles. The molecule has 0 spiro atoms. The maximum atomic E-state index is 12.4. The Morgan fingerprint density at radius 1 is 1.23 bits per heavy atom. The predicted octanol–water partition coefficient (Wildman–Crippen LogP) is 4.25. The molecule has 2 heterocycles. The summed E-state index contributed by atoms with van der Waals surface area (Å²) in [6.45, 7) is 8.95. The summed E-state index contributed by atoms with van der Waals surface area (Å²) >= 11 is 0. The van der Waals surface area contributed by atoms with Crippen LogP contribution in [0, 0.1) is 20.8 Å². The second-order valence-electron chi connectivity index (χ2n) is 6.24. The van der Waals surface area contributed by atoms with Gasteiger partial charge in [0.25, 0.3) is 5.91 Å². The number of rotatable bonds is 6. The lowest BCUT2D eigenvalue weighted by Crippen LogP contribution is -2.11. The fourth-order valence-electron chi connectivity index (χ4n) is 2.66. The summed E-state index contributed by atoms with van der Waals surface area (Å²) in [5.74, 6) is 1.35. The van der Waals surface area contributed by atoms with E-state index in [-0.39, 0.29) is 18.3 Å². The topological polar surface area (TPSA) is 69.3 Å². The number of hydrogen-bond donors (Lipinski definition) is 1. The third-order valence-corrected chi connectivity index (χ3v) is 4.25. The molecule has 0 fully saturated rings. The third-order valence-electron chi connectivity index (χ3n) is 4.25. The SMILES string of the molecule is CCn1ncc(NC(=O)c2ccc(COc3cc(C)ccc3C)o2)c1C. The van der Waals surface area contributed by atoms with Gasteiger partial charge in [-0.1, -0.05) is 12.1 Å². The van der Waals surface area contributed by atoms with Crippen molar-refractivity contribution in [1.29, 1.82) is 0 Å². The van der Waals surface area contributed by atoms with Crippen LogP contribution in [0.15, 0.2) is 40.9 Å². The lowest BCUT2D eigenvalue weighted by Gasteiger charge is -2.08. The monoisotopic (exact) mass is 353 g/mol. The van der Waals surface area contributed by atoms with E-state index in [0.717, 1.165) is 29.1 Å². The fraction of sp³-hybridized carbons (Fsp3) is 0.300. The molecule has 0 aliphatic heterocycles. The van der Waals surface area contributed by atoms with Crippen LogP contribution < -0.4 is 10.1 Å². The fourth-order valence-corrected chi connectivity index (χ4v) is 2.66. The van der Waals surface area contributed by atoms with E-state index in [0.29, 0.717) is 11.4 Å². The van der Waals surface area contributed by atoms with Crippen molar-refractivity contribution in [3.63, 3.8) is 0 Å². The Balaban J connectivity index is 1.64. The molecular formula is C20H23N3O3. The van der Waals surface area contributed by atoms with E-state index in [1.165, 1.54) is 0 Å². The van der Waals surface area contributed by atoms with Gasteiger partial charge in [0.15, 0.2) is 5.76 Å². The van der Waals surface area contributed by atoms with Crippen LogP contribution >= 0.6 is 0 Å². The van der Waals surface area contributed by atoms with Gasteiger partial charge < -0.3 is 14.5 Å². The van der Waals surface area contributed by atoms with Crippen LogP contribution in [0.4, 0.5) is 5.69 Å². The van der Waals surface area contributed by atoms with Gasteiger partial charge in [-0.3, -0.25) is 9.48 Å². The van der Waals surface area contributed by atoms with Crippen molar-refractivity contribution in [3.05, 3.63) is 64.9 Å². The summed E-state index contributed by atoms with van der Waals surface area (Å²) < 4.78 is 13.3. The molecule has 0 unspecified atom stereocenters. The van der Waals surface area contributed by atoms with Crippen LogP contribution in [-0.2, 0) is 13.2 Å². The lowest BCUT2D eigenvalue weighted by molar-refractivity contribution is 0.0992. The van der Waals surface area contributed by atoms with Gasteiger partial charge in [-0.05, 0) is 57.0 Å². The molecule has 1 N–H and O–H groups in total. The Bertz CT molecular complexity index is 924. The zero-order valence-corrected chi connectivity index (χ0v) is 15.5. The number of furan rings is 1. The summed E-state index contributed by atoms with van der Waals surface area (Å²) in [5.41, 5.74) is 3.78. The van der Waals surface area contributed by atoms with Gasteiger partial charge in [0.05, 0.1) is 17.6 Å². The maximum Gasteiger partial charge on any atom is 0.291 e. The third kappa shape index (κ3) is 3.79. The minimum Gasteiger partial charge on any atom is -0.485 e. The van der Waals surface area contributed by atoms with Crippen molar-refractivity contribution in [2.75, 3.05) is 5.32 Å². The number of carbonyl (C=O) groups is 1. The average molecular weight is 353 g/mol. The maximum absolute atomic E-state index is 12.4. The minimum atomic E-state index is -0.304. The van der Waals surface area contributed by atoms with Crippen LogP contribution in [-0.4, -0.2) is 15.7 Å². The molecule has 0 radical (unpaired) electrons. The summed E-state index contributed by atoms with van der Waals surface area (Å²) in [4.78, 5) is 12.4. The number of benzene rings is 1. The molecule has 3 aromatic rings. The van der Waals surface area contributed by atoms with E-state index >= 15 is 0 Å². The first kappa shape index (κ1) is 17.8. The number of ether oxygens (including phenoxy) is 1. The van der Waals surface area contributed by atoms with Gasteiger partial charge in [-0.25, -0.2) is 0 Å². The number of anilines is 1. The second-order valence-corrected chi connectivity index (χ2v) is 6.24. The molecule has 0 bridgehead atoms. The Hall–Kier alpha value is -3.02. The van der Waals surface area contributed by atoms with Crippen LogP contribution in [0.3, 0.4) is 0 Å². The van der Waals surface area contributed by atoms with Crippen molar-refractivity contribution in [1.82, 2.24) is 9.78 Å². The van der Waals surface area contributed by atoms with Crippen molar-refractivity contribution in [3.8, 4) is 5.75 Å². The van der Waals surface area contributed by atoms with Crippen molar-refractivity contribution >= 4 is 11.6 Å². The second kappa shape index (κ2) is 7.47. The molecule has 2 aromatic heterocycles. The molecular weight excluding hydrogens is 330 g/mol. The summed E-state index contributed by atoms with van der Waals surface area (Å²) in [7, 11) is 0. The van der Waals surface area contributed by atoms with Gasteiger partial charge in [0.1, 0.15) is 18.1 Å². The largest absolute Gasteiger partial charge is 0.485 e. The van der Waals surface area contributed by atoms with E-state index in [4.69, 9.17) is 9.15 Å². The van der Waals surface area contributed by atoms with Crippen LogP contribution in [0.1, 0.15) is 40.1 Å². The molecule has 26 heavy (non-hydrogen) atoms. The van der Waals surface area contributed by atoms with Crippen LogP contribution in [0.2, 0.25) is 0 Å². The molecule has 0 aliphatic carbocycles. The van der Waals surface area contributed by atoms with Gasteiger partial charge in [0, 0.05) is 6.54 Å². The van der Waals surface area contributed by atoms with Gasteiger partial charge >= 0.3 is 0 Å². The zero-order chi connectivity index (χ0) is 18.7. The van der Waals surface area contributed by atoms with E-state index in [2.05, 4.69) is 10.4 Å². The first-order valence-corrected chi connectivity index (χ1v) is 8.60. The number of amides is 1. The summed E-state index contributed by atoms with van der Waals surface area (Å²) in [5, 5.41) is 7.04. The van der Waals surface area contributed by atoms with E-state index in [1.807, 2.05) is 50.6 Å². The number of nitrogens with one attached hydrogen (secondary N) is 1. The molecule has 1 amide bonds. The average Bonchev–Trinajstić information content (AvgIpc) is 3.23. The van der Waals surface area contributed by atoms with Crippen molar-refractivity contribution in [2.45, 2.75) is 40.8 Å². The highest BCUT2D eigenvalue weighted by atomic mass is 16.5. The highest BCUT2D eigenvalue weighted by Crippen LogP contribution is 2.21. The molecule has 0 aliphatic rings. The Kier molecular flexibility index (Phi) is 5.11. The zero-order valence-electron chi connectivity index (χ0n) is 15.5. The molecule has 6 heteroatoms. The number of aryl methyl sites for hydroxylation is 3. The first-order valence-electron chi connectivity index (χ1n) is 8.60. The smallest absolute Gasteiger partial charge is 0.291 e. The number of aromatic nitrogens is 2. The molecule has 0 atom stereocenters. The van der Waals surface area contributed by atoms with E-state index in [9.17, 15) is 4.79 Å².